The molecule has 1 amide bonds. The van der Waals surface area contributed by atoms with Crippen molar-refractivity contribution in [1.82, 2.24) is 10.3 Å². The van der Waals surface area contributed by atoms with E-state index in [1.165, 1.54) is 11.3 Å². The van der Waals surface area contributed by atoms with E-state index in [4.69, 9.17) is 10.5 Å². The normalized spacial score (nSPS) is 12.1. The van der Waals surface area contributed by atoms with Crippen LogP contribution in [0, 0.1) is 0 Å². The monoisotopic (exact) mass is 320 g/mol. The molecule has 0 fully saturated rings. The molecular formula is C11H20N4O3S2. The van der Waals surface area contributed by atoms with Crippen LogP contribution in [0.1, 0.15) is 16.6 Å². The summed E-state index contributed by atoms with van der Waals surface area (Å²) in [6, 6.07) is 0. The van der Waals surface area contributed by atoms with E-state index >= 15 is 0 Å². The zero-order chi connectivity index (χ0) is 15.0. The van der Waals surface area contributed by atoms with Crippen molar-refractivity contribution in [3.05, 3.63) is 4.88 Å². The zero-order valence-corrected chi connectivity index (χ0v) is 13.2. The number of hydrogen-bond donors (Lipinski definition) is 3. The maximum atomic E-state index is 11.9. The van der Waals surface area contributed by atoms with Crippen LogP contribution in [-0.2, 0) is 15.5 Å². The fraction of sp³-hybridized carbons (Fsp3) is 0.636. The van der Waals surface area contributed by atoms with Gasteiger partial charge in [0.15, 0.2) is 5.13 Å². The molecule has 1 atom stereocenters. The summed E-state index contributed by atoms with van der Waals surface area (Å²) >= 11 is 1.19. The molecule has 0 aliphatic rings. The number of thiazole rings is 1. The van der Waals surface area contributed by atoms with Crippen molar-refractivity contribution in [3.63, 3.8) is 0 Å². The van der Waals surface area contributed by atoms with E-state index in [0.717, 1.165) is 0 Å². The molecule has 1 rings (SSSR count). The Morgan fingerprint density at radius 2 is 2.25 bits per heavy atom. The van der Waals surface area contributed by atoms with E-state index in [2.05, 4.69) is 15.6 Å². The molecule has 7 nitrogen and oxygen atoms in total. The minimum atomic E-state index is -0.890. The third-order valence-electron chi connectivity index (χ3n) is 2.38. The number of aromatic nitrogens is 1. The lowest BCUT2D eigenvalue weighted by molar-refractivity contribution is 0.0961. The van der Waals surface area contributed by atoms with Gasteiger partial charge in [-0.1, -0.05) is 18.3 Å². The second kappa shape index (κ2) is 8.88. The minimum absolute atomic E-state index is 0.198. The number of amides is 1. The molecule has 114 valence electrons. The Morgan fingerprint density at radius 3 is 2.90 bits per heavy atom. The lowest BCUT2D eigenvalue weighted by atomic mass is 10.4. The summed E-state index contributed by atoms with van der Waals surface area (Å²) in [7, 11) is 0.718. The Bertz CT molecular complexity index is 465. The van der Waals surface area contributed by atoms with Crippen molar-refractivity contribution in [3.8, 4) is 0 Å². The number of anilines is 2. The smallest absolute Gasteiger partial charge is 0.265 e. The molecule has 0 aromatic carbocycles. The summed E-state index contributed by atoms with van der Waals surface area (Å²) in [5.41, 5.74) is 5.71. The fourth-order valence-corrected chi connectivity index (χ4v) is 2.78. The number of hydrogen-bond acceptors (Lipinski definition) is 7. The van der Waals surface area contributed by atoms with Gasteiger partial charge in [-0.15, -0.1) is 0 Å². The molecule has 0 saturated carbocycles. The Balaban J connectivity index is 2.49. The molecular weight excluding hydrogens is 300 g/mol. The van der Waals surface area contributed by atoms with Gasteiger partial charge in [0.25, 0.3) is 5.91 Å². The maximum Gasteiger partial charge on any atom is 0.265 e. The third-order valence-corrected chi connectivity index (χ3v) is 4.71. The molecule has 9 heteroatoms. The number of carbonyl (C=O) groups is 1. The Hall–Kier alpha value is -1.19. The largest absolute Gasteiger partial charge is 0.383 e. The molecule has 1 aromatic heterocycles. The van der Waals surface area contributed by atoms with Crippen LogP contribution < -0.4 is 16.4 Å². The van der Waals surface area contributed by atoms with Crippen LogP contribution >= 0.6 is 11.3 Å². The van der Waals surface area contributed by atoms with Gasteiger partial charge in [-0.3, -0.25) is 9.00 Å². The standard InChI is InChI=1S/C11H20N4O3S2/c1-3-20(17)7-5-13-10(16)8-9(12)15-11(19-8)14-4-6-18-2/h3-7,12H2,1-2H3,(H,13,16)(H,14,15). The number of nitrogen functional groups attached to an aromatic ring is 1. The van der Waals surface area contributed by atoms with Crippen LogP contribution in [0.25, 0.3) is 0 Å². The summed E-state index contributed by atoms with van der Waals surface area (Å²) in [4.78, 5) is 16.3. The van der Waals surface area contributed by atoms with Crippen molar-refractivity contribution in [2.24, 2.45) is 0 Å². The zero-order valence-electron chi connectivity index (χ0n) is 11.6. The number of nitrogens with one attached hydrogen (secondary N) is 2. The van der Waals surface area contributed by atoms with Crippen molar-refractivity contribution in [2.45, 2.75) is 6.92 Å². The van der Waals surface area contributed by atoms with Crippen LogP contribution in [0.4, 0.5) is 10.9 Å². The van der Waals surface area contributed by atoms with Gasteiger partial charge in [0.2, 0.25) is 0 Å². The molecule has 1 heterocycles. The Morgan fingerprint density at radius 1 is 1.50 bits per heavy atom. The minimum Gasteiger partial charge on any atom is -0.383 e. The van der Waals surface area contributed by atoms with Crippen LogP contribution in [0.5, 0.6) is 0 Å². The predicted octanol–water partition coefficient (Wildman–Crippen LogP) is 0.282. The average molecular weight is 320 g/mol. The van der Waals surface area contributed by atoms with Gasteiger partial charge in [0.1, 0.15) is 10.7 Å². The molecule has 1 unspecified atom stereocenters. The van der Waals surface area contributed by atoms with Gasteiger partial charge < -0.3 is 21.1 Å². The van der Waals surface area contributed by atoms with Crippen molar-refractivity contribution in [2.75, 3.05) is 49.4 Å². The van der Waals surface area contributed by atoms with Crippen molar-refractivity contribution < 1.29 is 13.7 Å². The third kappa shape index (κ3) is 5.43. The fourth-order valence-electron chi connectivity index (χ4n) is 1.33. The highest BCUT2D eigenvalue weighted by molar-refractivity contribution is 7.84. The van der Waals surface area contributed by atoms with E-state index in [9.17, 15) is 9.00 Å². The van der Waals surface area contributed by atoms with Crippen LogP contribution in [0.3, 0.4) is 0 Å². The van der Waals surface area contributed by atoms with E-state index in [0.29, 0.717) is 41.2 Å². The van der Waals surface area contributed by atoms with Crippen LogP contribution in [0.2, 0.25) is 0 Å². The summed E-state index contributed by atoms with van der Waals surface area (Å²) in [6.45, 7) is 3.35. The van der Waals surface area contributed by atoms with Crippen molar-refractivity contribution in [1.29, 1.82) is 0 Å². The maximum absolute atomic E-state index is 11.9. The molecule has 0 aliphatic heterocycles. The topological polar surface area (TPSA) is 106 Å². The molecule has 4 N–H and O–H groups in total. The summed E-state index contributed by atoms with van der Waals surface area (Å²) < 4.78 is 16.2. The highest BCUT2D eigenvalue weighted by Crippen LogP contribution is 2.24. The second-order valence-electron chi connectivity index (χ2n) is 3.84. The van der Waals surface area contributed by atoms with Crippen molar-refractivity contribution >= 4 is 39.0 Å². The molecule has 0 aliphatic carbocycles. The first-order valence-electron chi connectivity index (χ1n) is 6.20. The highest BCUT2D eigenvalue weighted by Gasteiger charge is 2.15. The first-order valence-corrected chi connectivity index (χ1v) is 8.51. The number of rotatable bonds is 9. The van der Waals surface area contributed by atoms with Crippen LogP contribution in [0.15, 0.2) is 0 Å². The second-order valence-corrected chi connectivity index (χ2v) is 6.71. The number of ether oxygens (including phenoxy) is 1. The Kier molecular flexibility index (Phi) is 7.48. The van der Waals surface area contributed by atoms with Gasteiger partial charge in [-0.2, -0.15) is 0 Å². The highest BCUT2D eigenvalue weighted by atomic mass is 32.2. The van der Waals surface area contributed by atoms with Gasteiger partial charge >= 0.3 is 0 Å². The molecule has 0 spiro atoms. The SMILES string of the molecule is CCS(=O)CCNC(=O)c1sc(NCCOC)nc1N. The number of nitrogens with zero attached hydrogens (tertiary/aromatic N) is 1. The van der Waals surface area contributed by atoms with E-state index in [1.54, 1.807) is 7.11 Å². The number of carbonyl (C=O) groups excluding carboxylic acids is 1. The summed E-state index contributed by atoms with van der Waals surface area (Å²) in [5, 5.41) is 6.30. The quantitative estimate of drug-likeness (QED) is 0.564. The molecule has 0 bridgehead atoms. The average Bonchev–Trinajstić information content (AvgIpc) is 2.80. The van der Waals surface area contributed by atoms with Gasteiger partial charge in [0, 0.05) is 42.5 Å². The van der Waals surface area contributed by atoms with Crippen LogP contribution in [-0.4, -0.2) is 53.4 Å². The van der Waals surface area contributed by atoms with E-state index < -0.39 is 10.8 Å². The molecule has 0 radical (unpaired) electrons. The molecule has 1 aromatic rings. The predicted molar refractivity (Wildman–Crippen MR) is 82.8 cm³/mol. The lowest BCUT2D eigenvalue weighted by Gasteiger charge is -2.02. The lowest BCUT2D eigenvalue weighted by Crippen LogP contribution is -2.27. The molecule has 20 heavy (non-hydrogen) atoms. The first-order chi connectivity index (χ1) is 9.58. The number of methoxy groups -OCH3 is 1. The van der Waals surface area contributed by atoms with Gasteiger partial charge in [-0.05, 0) is 0 Å². The summed E-state index contributed by atoms with van der Waals surface area (Å²) in [5.74, 6) is 0.948. The molecule has 0 saturated heterocycles. The Labute approximate surface area is 124 Å². The first kappa shape index (κ1) is 16.9. The van der Waals surface area contributed by atoms with E-state index in [1.807, 2.05) is 6.92 Å². The summed E-state index contributed by atoms with van der Waals surface area (Å²) in [6.07, 6.45) is 0. The van der Waals surface area contributed by atoms with Gasteiger partial charge in [0.05, 0.1) is 6.61 Å². The number of nitrogens with two attached hydrogens (primary N) is 1. The van der Waals surface area contributed by atoms with E-state index in [-0.39, 0.29) is 11.7 Å². The van der Waals surface area contributed by atoms with Gasteiger partial charge in [-0.25, -0.2) is 4.98 Å².